The summed E-state index contributed by atoms with van der Waals surface area (Å²) in [5, 5.41) is 4.22. The normalized spacial score (nSPS) is 10.9. The summed E-state index contributed by atoms with van der Waals surface area (Å²) in [4.78, 5) is 10.0. The molecular weight excluding hydrogens is 278 g/mol. The Balaban J connectivity index is 2.26. The van der Waals surface area contributed by atoms with Crippen molar-refractivity contribution in [3.63, 3.8) is 0 Å². The van der Waals surface area contributed by atoms with Crippen molar-refractivity contribution in [2.75, 3.05) is 12.4 Å². The second-order valence-electron chi connectivity index (χ2n) is 5.33. The van der Waals surface area contributed by atoms with Gasteiger partial charge in [-0.3, -0.25) is 0 Å². The Morgan fingerprint density at radius 3 is 2.43 bits per heavy atom. The Bertz CT molecular complexity index is 579. The van der Waals surface area contributed by atoms with Crippen LogP contribution in [0, 0.1) is 0 Å². The number of rotatable bonds is 6. The molecule has 0 radical (unpaired) electrons. The van der Waals surface area contributed by atoms with Gasteiger partial charge in [0.25, 0.3) is 0 Å². The van der Waals surface area contributed by atoms with Gasteiger partial charge in [-0.1, -0.05) is 51.1 Å². The van der Waals surface area contributed by atoms with Crippen molar-refractivity contribution in [3.8, 4) is 0 Å². The molecule has 2 aromatic rings. The van der Waals surface area contributed by atoms with Crippen molar-refractivity contribution in [2.24, 2.45) is 0 Å². The van der Waals surface area contributed by atoms with Gasteiger partial charge in [0.05, 0.1) is 0 Å². The van der Waals surface area contributed by atoms with Crippen LogP contribution in [0.25, 0.3) is 0 Å². The van der Waals surface area contributed by atoms with Crippen LogP contribution in [-0.2, 0) is 6.42 Å². The van der Waals surface area contributed by atoms with Crippen molar-refractivity contribution in [1.29, 1.82) is 0 Å². The van der Waals surface area contributed by atoms with Gasteiger partial charge in [-0.15, -0.1) is 0 Å². The van der Waals surface area contributed by atoms with E-state index in [1.807, 2.05) is 7.05 Å². The van der Waals surface area contributed by atoms with Crippen LogP contribution in [0.2, 0.25) is 0 Å². The van der Waals surface area contributed by atoms with E-state index in [4.69, 9.17) is 0 Å². The number of hydrogen-bond donors (Lipinski definition) is 1. The predicted molar refractivity (Wildman–Crippen MR) is 90.2 cm³/mol. The largest absolute Gasteiger partial charge is 0.373 e. The number of benzene rings is 1. The van der Waals surface area contributed by atoms with Gasteiger partial charge in [0, 0.05) is 17.5 Å². The van der Waals surface area contributed by atoms with E-state index in [-0.39, 0.29) is 0 Å². The summed E-state index contributed by atoms with van der Waals surface area (Å²) in [6.45, 7) is 6.61. The number of nitrogens with one attached hydrogen (secondary N) is 1. The third-order valence-electron chi connectivity index (χ3n) is 3.40. The first-order valence-electron chi connectivity index (χ1n) is 7.45. The monoisotopic (exact) mass is 301 g/mol. The summed E-state index contributed by atoms with van der Waals surface area (Å²) >= 11 is 1.71. The van der Waals surface area contributed by atoms with E-state index in [0.29, 0.717) is 5.92 Å². The van der Waals surface area contributed by atoms with Gasteiger partial charge in [-0.2, -0.15) is 0 Å². The van der Waals surface area contributed by atoms with Crippen LogP contribution in [0.15, 0.2) is 40.5 Å². The molecule has 0 aliphatic heterocycles. The van der Waals surface area contributed by atoms with E-state index in [1.165, 1.54) is 16.0 Å². The molecule has 2 rings (SSSR count). The van der Waals surface area contributed by atoms with Crippen LogP contribution in [0.1, 0.15) is 44.2 Å². The van der Waals surface area contributed by atoms with Crippen molar-refractivity contribution in [3.05, 3.63) is 41.7 Å². The quantitative estimate of drug-likeness (QED) is 0.782. The van der Waals surface area contributed by atoms with E-state index in [0.717, 1.165) is 23.7 Å². The van der Waals surface area contributed by atoms with Crippen molar-refractivity contribution in [2.45, 2.75) is 49.5 Å². The third kappa shape index (κ3) is 3.97. The molecule has 21 heavy (non-hydrogen) atoms. The zero-order valence-corrected chi connectivity index (χ0v) is 14.0. The SMILES string of the molecule is CCCc1c(NC)ncnc1Sc1ccc(C(C)C)cc1. The first-order chi connectivity index (χ1) is 10.2. The maximum Gasteiger partial charge on any atom is 0.133 e. The standard InChI is InChI=1S/C17H23N3S/c1-5-6-15-16(18-4)19-11-20-17(15)21-14-9-7-13(8-10-14)12(2)3/h7-12H,5-6H2,1-4H3,(H,18,19,20). The van der Waals surface area contributed by atoms with Crippen molar-refractivity contribution >= 4 is 17.6 Å². The molecule has 0 aliphatic carbocycles. The summed E-state index contributed by atoms with van der Waals surface area (Å²) in [5.41, 5.74) is 2.58. The molecule has 1 aromatic carbocycles. The zero-order valence-electron chi connectivity index (χ0n) is 13.2. The van der Waals surface area contributed by atoms with E-state index < -0.39 is 0 Å². The predicted octanol–water partition coefficient (Wildman–Crippen LogP) is 4.75. The van der Waals surface area contributed by atoms with E-state index in [9.17, 15) is 0 Å². The highest BCUT2D eigenvalue weighted by molar-refractivity contribution is 7.99. The van der Waals surface area contributed by atoms with Crippen LogP contribution in [-0.4, -0.2) is 17.0 Å². The molecule has 0 saturated heterocycles. The fourth-order valence-corrected chi connectivity index (χ4v) is 3.12. The lowest BCUT2D eigenvalue weighted by molar-refractivity contribution is 0.857. The molecular formula is C17H23N3S. The summed E-state index contributed by atoms with van der Waals surface area (Å²) < 4.78 is 0. The molecule has 0 atom stereocenters. The fourth-order valence-electron chi connectivity index (χ4n) is 2.21. The second kappa shape index (κ2) is 7.46. The highest BCUT2D eigenvalue weighted by Crippen LogP contribution is 2.32. The molecule has 1 aromatic heterocycles. The Hall–Kier alpha value is -1.55. The van der Waals surface area contributed by atoms with Crippen LogP contribution < -0.4 is 5.32 Å². The number of nitrogens with zero attached hydrogens (tertiary/aromatic N) is 2. The van der Waals surface area contributed by atoms with E-state index in [2.05, 4.69) is 60.3 Å². The van der Waals surface area contributed by atoms with E-state index in [1.54, 1.807) is 18.1 Å². The van der Waals surface area contributed by atoms with Gasteiger partial charge in [0.1, 0.15) is 17.2 Å². The smallest absolute Gasteiger partial charge is 0.133 e. The first kappa shape index (κ1) is 15.8. The maximum absolute atomic E-state index is 4.47. The van der Waals surface area contributed by atoms with Crippen LogP contribution in [0.3, 0.4) is 0 Å². The Morgan fingerprint density at radius 1 is 1.14 bits per heavy atom. The van der Waals surface area contributed by atoms with Crippen molar-refractivity contribution in [1.82, 2.24) is 9.97 Å². The molecule has 0 unspecified atom stereocenters. The lowest BCUT2D eigenvalue weighted by atomic mass is 10.0. The molecule has 4 heteroatoms. The van der Waals surface area contributed by atoms with Gasteiger partial charge in [0.15, 0.2) is 0 Å². The highest BCUT2D eigenvalue weighted by atomic mass is 32.2. The average Bonchev–Trinajstić information content (AvgIpc) is 2.49. The lowest BCUT2D eigenvalue weighted by Crippen LogP contribution is -2.02. The van der Waals surface area contributed by atoms with Gasteiger partial charge in [0.2, 0.25) is 0 Å². The van der Waals surface area contributed by atoms with E-state index >= 15 is 0 Å². The first-order valence-corrected chi connectivity index (χ1v) is 8.26. The van der Waals surface area contributed by atoms with Crippen LogP contribution >= 0.6 is 11.8 Å². The molecule has 112 valence electrons. The number of aromatic nitrogens is 2. The molecule has 1 N–H and O–H groups in total. The lowest BCUT2D eigenvalue weighted by Gasteiger charge is -2.12. The van der Waals surface area contributed by atoms with Crippen molar-refractivity contribution < 1.29 is 0 Å². The molecule has 0 bridgehead atoms. The Labute approximate surface area is 131 Å². The molecule has 1 heterocycles. The average molecular weight is 301 g/mol. The minimum atomic E-state index is 0.564. The topological polar surface area (TPSA) is 37.8 Å². The third-order valence-corrected chi connectivity index (χ3v) is 4.46. The maximum atomic E-state index is 4.47. The van der Waals surface area contributed by atoms with Crippen LogP contribution in [0.4, 0.5) is 5.82 Å². The molecule has 0 spiro atoms. The van der Waals surface area contributed by atoms with Gasteiger partial charge in [-0.05, 0) is 30.0 Å². The second-order valence-corrected chi connectivity index (χ2v) is 6.39. The van der Waals surface area contributed by atoms with Gasteiger partial charge >= 0.3 is 0 Å². The number of anilines is 1. The van der Waals surface area contributed by atoms with Gasteiger partial charge in [-0.25, -0.2) is 9.97 Å². The highest BCUT2D eigenvalue weighted by Gasteiger charge is 2.11. The zero-order chi connectivity index (χ0) is 15.2. The molecule has 3 nitrogen and oxygen atoms in total. The molecule has 0 fully saturated rings. The molecule has 0 saturated carbocycles. The van der Waals surface area contributed by atoms with Gasteiger partial charge < -0.3 is 5.32 Å². The Morgan fingerprint density at radius 2 is 1.86 bits per heavy atom. The summed E-state index contributed by atoms with van der Waals surface area (Å²) in [7, 11) is 1.91. The minimum Gasteiger partial charge on any atom is -0.373 e. The summed E-state index contributed by atoms with van der Waals surface area (Å²) in [6.07, 6.45) is 3.71. The fraction of sp³-hybridized carbons (Fsp3) is 0.412. The summed E-state index contributed by atoms with van der Waals surface area (Å²) in [6, 6.07) is 8.76. The summed E-state index contributed by atoms with van der Waals surface area (Å²) in [5.74, 6) is 1.50. The Kier molecular flexibility index (Phi) is 5.62. The number of hydrogen-bond acceptors (Lipinski definition) is 4. The van der Waals surface area contributed by atoms with Crippen LogP contribution in [0.5, 0.6) is 0 Å². The minimum absolute atomic E-state index is 0.564. The molecule has 0 amide bonds. The molecule has 0 aliphatic rings.